The van der Waals surface area contributed by atoms with Gasteiger partial charge in [-0.2, -0.15) is 0 Å². The average molecular weight is 265 g/mol. The summed E-state index contributed by atoms with van der Waals surface area (Å²) in [5.41, 5.74) is 6.04. The van der Waals surface area contributed by atoms with E-state index < -0.39 is 16.4 Å². The first kappa shape index (κ1) is 13.3. The Balaban J connectivity index is 2.31. The van der Waals surface area contributed by atoms with Gasteiger partial charge in [0.2, 0.25) is 0 Å². The zero-order valence-corrected chi connectivity index (χ0v) is 10.5. The monoisotopic (exact) mass is 265 g/mol. The number of rotatable bonds is 3. The molecule has 1 unspecified atom stereocenters. The van der Waals surface area contributed by atoms with Gasteiger partial charge in [-0.05, 0) is 18.9 Å². The summed E-state index contributed by atoms with van der Waals surface area (Å²) in [5.74, 6) is -1.04. The van der Waals surface area contributed by atoms with Crippen LogP contribution in [0.1, 0.15) is 12.0 Å². The summed E-state index contributed by atoms with van der Waals surface area (Å²) in [7, 11) is 0. The van der Waals surface area contributed by atoms with Crippen LogP contribution >= 0.6 is 0 Å². The molecule has 0 radical (unpaired) electrons. The number of hydrogen-bond acceptors (Lipinski definition) is 5. The van der Waals surface area contributed by atoms with E-state index in [4.69, 9.17) is 10.8 Å². The maximum atomic E-state index is 11.1. The van der Waals surface area contributed by atoms with E-state index in [-0.39, 0.29) is 12.2 Å². The molecule has 1 aromatic rings. The number of nitro groups is 1. The third-order valence-electron chi connectivity index (χ3n) is 3.47. The Morgan fingerprint density at radius 3 is 2.79 bits per heavy atom. The molecule has 0 amide bonds. The number of carboxylic acid groups (broad SMARTS) is 1. The Kier molecular flexibility index (Phi) is 3.15. The standard InChI is InChI=1S/C12H15N3O4/c1-8-2-3-9(15(18)19)6-10(8)14-5-4-12(13,7-14)11(16)17/h2-3,6H,4-5,7,13H2,1H3,(H,16,17). The van der Waals surface area contributed by atoms with E-state index in [0.29, 0.717) is 18.7 Å². The van der Waals surface area contributed by atoms with Gasteiger partial charge in [0, 0.05) is 30.9 Å². The molecule has 1 fully saturated rings. The molecule has 1 aliphatic rings. The Morgan fingerprint density at radius 1 is 1.58 bits per heavy atom. The molecule has 7 heteroatoms. The minimum Gasteiger partial charge on any atom is -0.480 e. The highest BCUT2D eigenvalue weighted by Crippen LogP contribution is 2.30. The van der Waals surface area contributed by atoms with Gasteiger partial charge in [0.05, 0.1) is 4.92 Å². The number of nitro benzene ring substituents is 1. The molecular formula is C12H15N3O4. The van der Waals surface area contributed by atoms with E-state index >= 15 is 0 Å². The van der Waals surface area contributed by atoms with Crippen LogP contribution in [0.15, 0.2) is 18.2 Å². The first-order valence-electron chi connectivity index (χ1n) is 5.86. The van der Waals surface area contributed by atoms with Gasteiger partial charge in [0.1, 0.15) is 5.54 Å². The van der Waals surface area contributed by atoms with Crippen molar-refractivity contribution in [2.24, 2.45) is 5.73 Å². The molecule has 1 saturated heterocycles. The van der Waals surface area contributed by atoms with Gasteiger partial charge < -0.3 is 15.7 Å². The first-order chi connectivity index (χ1) is 8.83. The van der Waals surface area contributed by atoms with Crippen molar-refractivity contribution in [2.75, 3.05) is 18.0 Å². The zero-order valence-electron chi connectivity index (χ0n) is 10.5. The number of benzene rings is 1. The van der Waals surface area contributed by atoms with Crippen LogP contribution in [0.4, 0.5) is 11.4 Å². The molecular weight excluding hydrogens is 250 g/mol. The molecule has 102 valence electrons. The molecule has 0 aliphatic carbocycles. The maximum absolute atomic E-state index is 11.1. The Morgan fingerprint density at radius 2 is 2.26 bits per heavy atom. The highest BCUT2D eigenvalue weighted by Gasteiger charge is 2.41. The lowest BCUT2D eigenvalue weighted by molar-refractivity contribution is -0.384. The van der Waals surface area contributed by atoms with E-state index in [1.165, 1.54) is 12.1 Å². The van der Waals surface area contributed by atoms with Crippen LogP contribution in [0.3, 0.4) is 0 Å². The summed E-state index contributed by atoms with van der Waals surface area (Å²) in [6.07, 6.45) is 0.324. The Bertz CT molecular complexity index is 546. The summed E-state index contributed by atoms with van der Waals surface area (Å²) < 4.78 is 0. The van der Waals surface area contributed by atoms with Crippen molar-refractivity contribution in [1.82, 2.24) is 0 Å². The van der Waals surface area contributed by atoms with Gasteiger partial charge >= 0.3 is 5.97 Å². The topological polar surface area (TPSA) is 110 Å². The molecule has 7 nitrogen and oxygen atoms in total. The minimum absolute atomic E-state index is 0.00885. The van der Waals surface area contributed by atoms with Crippen LogP contribution in [0.25, 0.3) is 0 Å². The van der Waals surface area contributed by atoms with Crippen LogP contribution < -0.4 is 10.6 Å². The molecule has 19 heavy (non-hydrogen) atoms. The minimum atomic E-state index is -1.28. The summed E-state index contributed by atoms with van der Waals surface area (Å²) in [6, 6.07) is 4.55. The van der Waals surface area contributed by atoms with Gasteiger partial charge in [-0.25, -0.2) is 0 Å². The van der Waals surface area contributed by atoms with Crippen molar-refractivity contribution in [1.29, 1.82) is 0 Å². The number of anilines is 1. The maximum Gasteiger partial charge on any atom is 0.325 e. The fraction of sp³-hybridized carbons (Fsp3) is 0.417. The highest BCUT2D eigenvalue weighted by molar-refractivity contribution is 5.81. The van der Waals surface area contributed by atoms with Gasteiger partial charge in [-0.15, -0.1) is 0 Å². The van der Waals surface area contributed by atoms with Crippen molar-refractivity contribution in [3.05, 3.63) is 33.9 Å². The number of aryl methyl sites for hydroxylation is 1. The lowest BCUT2D eigenvalue weighted by Crippen LogP contribution is -2.50. The van der Waals surface area contributed by atoms with E-state index in [1.807, 2.05) is 6.92 Å². The molecule has 1 aliphatic heterocycles. The van der Waals surface area contributed by atoms with Crippen molar-refractivity contribution in [2.45, 2.75) is 18.9 Å². The molecule has 1 atom stereocenters. The predicted molar refractivity (Wildman–Crippen MR) is 69.2 cm³/mol. The van der Waals surface area contributed by atoms with Crippen LogP contribution in [0, 0.1) is 17.0 Å². The number of carbonyl (C=O) groups is 1. The van der Waals surface area contributed by atoms with Gasteiger partial charge in [-0.1, -0.05) is 6.07 Å². The zero-order chi connectivity index (χ0) is 14.2. The second kappa shape index (κ2) is 4.51. The van der Waals surface area contributed by atoms with Gasteiger partial charge in [-0.3, -0.25) is 14.9 Å². The number of aliphatic carboxylic acids is 1. The fourth-order valence-corrected chi connectivity index (χ4v) is 2.27. The van der Waals surface area contributed by atoms with Crippen molar-refractivity contribution in [3.63, 3.8) is 0 Å². The third kappa shape index (κ3) is 2.37. The van der Waals surface area contributed by atoms with E-state index in [1.54, 1.807) is 11.0 Å². The van der Waals surface area contributed by atoms with Crippen LogP contribution in [-0.4, -0.2) is 34.6 Å². The molecule has 0 saturated carbocycles. The number of carboxylic acids is 1. The largest absolute Gasteiger partial charge is 0.480 e. The number of nitrogens with two attached hydrogens (primary N) is 1. The van der Waals surface area contributed by atoms with E-state index in [0.717, 1.165) is 5.56 Å². The lowest BCUT2D eigenvalue weighted by atomic mass is 10.0. The lowest BCUT2D eigenvalue weighted by Gasteiger charge is -2.23. The van der Waals surface area contributed by atoms with Crippen molar-refractivity contribution < 1.29 is 14.8 Å². The highest BCUT2D eigenvalue weighted by atomic mass is 16.6. The summed E-state index contributed by atoms with van der Waals surface area (Å²) >= 11 is 0. The molecule has 3 N–H and O–H groups in total. The van der Waals surface area contributed by atoms with Gasteiger partial charge in [0.25, 0.3) is 5.69 Å². The smallest absolute Gasteiger partial charge is 0.325 e. The summed E-state index contributed by atoms with van der Waals surface area (Å²) in [6.45, 7) is 2.46. The van der Waals surface area contributed by atoms with Crippen LogP contribution in [0.2, 0.25) is 0 Å². The normalized spacial score (nSPS) is 22.5. The second-order valence-electron chi connectivity index (χ2n) is 4.86. The second-order valence-corrected chi connectivity index (χ2v) is 4.86. The average Bonchev–Trinajstić information content (AvgIpc) is 2.73. The van der Waals surface area contributed by atoms with Crippen molar-refractivity contribution >= 4 is 17.3 Å². The van der Waals surface area contributed by atoms with Crippen LogP contribution in [-0.2, 0) is 4.79 Å². The van der Waals surface area contributed by atoms with E-state index in [9.17, 15) is 14.9 Å². The van der Waals surface area contributed by atoms with Crippen molar-refractivity contribution in [3.8, 4) is 0 Å². The number of hydrogen-bond donors (Lipinski definition) is 2. The van der Waals surface area contributed by atoms with Crippen LogP contribution in [0.5, 0.6) is 0 Å². The molecule has 1 aromatic carbocycles. The molecule has 0 spiro atoms. The molecule has 2 rings (SSSR count). The summed E-state index contributed by atoms with van der Waals surface area (Å²) in [4.78, 5) is 23.2. The Hall–Kier alpha value is -2.15. The fourth-order valence-electron chi connectivity index (χ4n) is 2.27. The third-order valence-corrected chi connectivity index (χ3v) is 3.47. The number of non-ortho nitro benzene ring substituents is 1. The quantitative estimate of drug-likeness (QED) is 0.620. The SMILES string of the molecule is Cc1ccc([N+](=O)[O-])cc1N1CCC(N)(C(=O)O)C1. The summed E-state index contributed by atoms with van der Waals surface area (Å²) in [5, 5.41) is 19.9. The predicted octanol–water partition coefficient (Wildman–Crippen LogP) is 0.895. The first-order valence-corrected chi connectivity index (χ1v) is 5.86. The molecule has 0 aromatic heterocycles. The van der Waals surface area contributed by atoms with Gasteiger partial charge in [0.15, 0.2) is 0 Å². The Labute approximate surface area is 109 Å². The number of nitrogens with zero attached hydrogens (tertiary/aromatic N) is 2. The molecule has 0 bridgehead atoms. The van der Waals surface area contributed by atoms with E-state index in [2.05, 4.69) is 0 Å². The molecule has 1 heterocycles.